The van der Waals surface area contributed by atoms with Gasteiger partial charge >= 0.3 is 0 Å². The van der Waals surface area contributed by atoms with Crippen molar-refractivity contribution < 1.29 is 9.47 Å². The van der Waals surface area contributed by atoms with Crippen LogP contribution in [0.3, 0.4) is 0 Å². The molecule has 3 aromatic rings. The van der Waals surface area contributed by atoms with E-state index in [-0.39, 0.29) is 5.56 Å². The molecule has 0 bridgehead atoms. The van der Waals surface area contributed by atoms with E-state index in [1.54, 1.807) is 7.11 Å². The van der Waals surface area contributed by atoms with Crippen molar-refractivity contribution in [2.24, 2.45) is 0 Å². The standard InChI is InChI=1S/C19H20N2O3/c1-3-24-17-7-4-13-10-14(19(22)21-18(13)11-17)12-20-15-5-8-16(23-2)9-6-15/h4-11,20H,3,12H2,1-2H3,(H,21,22). The maximum absolute atomic E-state index is 12.3. The lowest BCUT2D eigenvalue weighted by molar-refractivity contribution is 0.340. The molecule has 0 saturated carbocycles. The van der Waals surface area contributed by atoms with Crippen molar-refractivity contribution in [1.82, 2.24) is 4.98 Å². The van der Waals surface area contributed by atoms with Crippen molar-refractivity contribution in [2.75, 3.05) is 19.0 Å². The Morgan fingerprint density at radius 2 is 1.79 bits per heavy atom. The fourth-order valence-electron chi connectivity index (χ4n) is 2.52. The Morgan fingerprint density at radius 1 is 1.04 bits per heavy atom. The lowest BCUT2D eigenvalue weighted by atomic mass is 10.1. The fourth-order valence-corrected chi connectivity index (χ4v) is 2.52. The second-order valence-corrected chi connectivity index (χ2v) is 5.39. The Bertz CT molecular complexity index is 885. The van der Waals surface area contributed by atoms with Crippen LogP contribution in [-0.4, -0.2) is 18.7 Å². The normalized spacial score (nSPS) is 10.6. The predicted molar refractivity (Wildman–Crippen MR) is 96.1 cm³/mol. The number of methoxy groups -OCH3 is 1. The molecule has 0 fully saturated rings. The molecule has 24 heavy (non-hydrogen) atoms. The highest BCUT2D eigenvalue weighted by Crippen LogP contribution is 2.20. The summed E-state index contributed by atoms with van der Waals surface area (Å²) in [4.78, 5) is 15.2. The van der Waals surface area contributed by atoms with Crippen LogP contribution in [0.1, 0.15) is 12.5 Å². The molecular formula is C19H20N2O3. The first-order valence-corrected chi connectivity index (χ1v) is 7.86. The van der Waals surface area contributed by atoms with Crippen LogP contribution >= 0.6 is 0 Å². The van der Waals surface area contributed by atoms with Gasteiger partial charge in [0.05, 0.1) is 19.2 Å². The van der Waals surface area contributed by atoms with Gasteiger partial charge < -0.3 is 19.8 Å². The largest absolute Gasteiger partial charge is 0.497 e. The van der Waals surface area contributed by atoms with Gasteiger partial charge in [0.15, 0.2) is 0 Å². The molecule has 2 aromatic carbocycles. The van der Waals surface area contributed by atoms with Crippen LogP contribution in [0.25, 0.3) is 10.9 Å². The number of hydrogen-bond donors (Lipinski definition) is 2. The van der Waals surface area contributed by atoms with E-state index >= 15 is 0 Å². The van der Waals surface area contributed by atoms with Gasteiger partial charge in [0.25, 0.3) is 5.56 Å². The van der Waals surface area contributed by atoms with Crippen LogP contribution in [0.2, 0.25) is 0 Å². The molecule has 0 unspecified atom stereocenters. The van der Waals surface area contributed by atoms with Gasteiger partial charge in [-0.3, -0.25) is 4.79 Å². The van der Waals surface area contributed by atoms with Gasteiger partial charge in [-0.15, -0.1) is 0 Å². The first-order chi connectivity index (χ1) is 11.7. The zero-order valence-electron chi connectivity index (χ0n) is 13.8. The average Bonchev–Trinajstić information content (AvgIpc) is 2.60. The van der Waals surface area contributed by atoms with Crippen LogP contribution in [0.4, 0.5) is 5.69 Å². The topological polar surface area (TPSA) is 63.4 Å². The molecule has 0 aliphatic carbocycles. The minimum Gasteiger partial charge on any atom is -0.497 e. The molecule has 0 radical (unpaired) electrons. The van der Waals surface area contributed by atoms with Gasteiger partial charge in [0, 0.05) is 23.9 Å². The number of H-pyrrole nitrogens is 1. The molecule has 0 spiro atoms. The number of hydrogen-bond acceptors (Lipinski definition) is 4. The third-order valence-electron chi connectivity index (χ3n) is 3.78. The summed E-state index contributed by atoms with van der Waals surface area (Å²) in [6.07, 6.45) is 0. The molecule has 124 valence electrons. The summed E-state index contributed by atoms with van der Waals surface area (Å²) < 4.78 is 10.6. The van der Waals surface area contributed by atoms with E-state index in [0.29, 0.717) is 18.7 Å². The van der Waals surface area contributed by atoms with Crippen molar-refractivity contribution in [3.05, 3.63) is 64.4 Å². The van der Waals surface area contributed by atoms with Crippen LogP contribution in [0.5, 0.6) is 11.5 Å². The number of ether oxygens (including phenoxy) is 2. The summed E-state index contributed by atoms with van der Waals surface area (Å²) in [5.41, 5.74) is 2.29. The predicted octanol–water partition coefficient (Wildman–Crippen LogP) is 3.55. The first kappa shape index (κ1) is 15.9. The summed E-state index contributed by atoms with van der Waals surface area (Å²) in [5.74, 6) is 1.55. The minimum atomic E-state index is -0.0999. The lowest BCUT2D eigenvalue weighted by Gasteiger charge is -2.09. The summed E-state index contributed by atoms with van der Waals surface area (Å²) in [6, 6.07) is 15.2. The number of pyridine rings is 1. The van der Waals surface area contributed by atoms with Crippen LogP contribution in [0.15, 0.2) is 53.3 Å². The van der Waals surface area contributed by atoms with Gasteiger partial charge in [0.1, 0.15) is 11.5 Å². The molecule has 1 heterocycles. The van der Waals surface area contributed by atoms with Gasteiger partial charge in [-0.2, -0.15) is 0 Å². The summed E-state index contributed by atoms with van der Waals surface area (Å²) in [5, 5.41) is 4.23. The Kier molecular flexibility index (Phi) is 4.70. The van der Waals surface area contributed by atoms with E-state index < -0.39 is 0 Å². The van der Waals surface area contributed by atoms with Crippen molar-refractivity contribution in [2.45, 2.75) is 13.5 Å². The highest BCUT2D eigenvalue weighted by Gasteiger charge is 2.05. The summed E-state index contributed by atoms with van der Waals surface area (Å²) >= 11 is 0. The van der Waals surface area contributed by atoms with E-state index in [2.05, 4.69) is 10.3 Å². The van der Waals surface area contributed by atoms with Crippen molar-refractivity contribution >= 4 is 16.6 Å². The Hall–Kier alpha value is -2.95. The molecule has 5 nitrogen and oxygen atoms in total. The number of benzene rings is 2. The second-order valence-electron chi connectivity index (χ2n) is 5.39. The van der Waals surface area contributed by atoms with Crippen molar-refractivity contribution in [3.63, 3.8) is 0 Å². The Morgan fingerprint density at radius 3 is 2.50 bits per heavy atom. The summed E-state index contributed by atoms with van der Waals surface area (Å²) in [6.45, 7) is 2.98. The van der Waals surface area contributed by atoms with E-state index in [1.165, 1.54) is 0 Å². The number of anilines is 1. The van der Waals surface area contributed by atoms with Crippen LogP contribution in [-0.2, 0) is 6.54 Å². The molecule has 0 aliphatic heterocycles. The number of nitrogens with one attached hydrogen (secondary N) is 2. The van der Waals surface area contributed by atoms with Crippen LogP contribution in [0, 0.1) is 0 Å². The highest BCUT2D eigenvalue weighted by molar-refractivity contribution is 5.80. The number of fused-ring (bicyclic) bond motifs is 1. The van der Waals surface area contributed by atoms with E-state index in [0.717, 1.165) is 28.1 Å². The van der Waals surface area contributed by atoms with E-state index in [9.17, 15) is 4.79 Å². The average molecular weight is 324 g/mol. The van der Waals surface area contributed by atoms with E-state index in [4.69, 9.17) is 9.47 Å². The molecule has 0 atom stereocenters. The molecular weight excluding hydrogens is 304 g/mol. The fraction of sp³-hybridized carbons (Fsp3) is 0.211. The maximum Gasteiger partial charge on any atom is 0.253 e. The molecule has 0 aliphatic rings. The Labute approximate surface area is 140 Å². The zero-order chi connectivity index (χ0) is 16.9. The lowest BCUT2D eigenvalue weighted by Crippen LogP contribution is -2.15. The quantitative estimate of drug-likeness (QED) is 0.728. The molecule has 0 amide bonds. The molecule has 3 rings (SSSR count). The monoisotopic (exact) mass is 324 g/mol. The molecule has 2 N–H and O–H groups in total. The van der Waals surface area contributed by atoms with Gasteiger partial charge in [-0.1, -0.05) is 0 Å². The zero-order valence-corrected chi connectivity index (χ0v) is 13.8. The second kappa shape index (κ2) is 7.08. The van der Waals surface area contributed by atoms with Crippen molar-refractivity contribution in [1.29, 1.82) is 0 Å². The number of aromatic amines is 1. The third kappa shape index (κ3) is 3.51. The number of aromatic nitrogens is 1. The van der Waals surface area contributed by atoms with Crippen LogP contribution < -0.4 is 20.3 Å². The molecule has 1 aromatic heterocycles. The summed E-state index contributed by atoms with van der Waals surface area (Å²) in [7, 11) is 1.63. The van der Waals surface area contributed by atoms with Crippen molar-refractivity contribution in [3.8, 4) is 11.5 Å². The Balaban J connectivity index is 1.80. The smallest absolute Gasteiger partial charge is 0.253 e. The van der Waals surface area contributed by atoms with Gasteiger partial charge in [-0.25, -0.2) is 0 Å². The molecule has 0 saturated heterocycles. The molecule has 5 heteroatoms. The first-order valence-electron chi connectivity index (χ1n) is 7.86. The van der Waals surface area contributed by atoms with Gasteiger partial charge in [-0.05, 0) is 54.8 Å². The van der Waals surface area contributed by atoms with Gasteiger partial charge in [0.2, 0.25) is 0 Å². The van der Waals surface area contributed by atoms with E-state index in [1.807, 2.05) is 55.5 Å². The third-order valence-corrected chi connectivity index (χ3v) is 3.78. The SMILES string of the molecule is CCOc1ccc2cc(CNc3ccc(OC)cc3)c(=O)[nH]c2c1. The maximum atomic E-state index is 12.3. The highest BCUT2D eigenvalue weighted by atomic mass is 16.5. The minimum absolute atomic E-state index is 0.0999. The number of rotatable bonds is 6.